The van der Waals surface area contributed by atoms with Gasteiger partial charge in [0, 0.05) is 18.3 Å². The molecule has 86 valence electrons. The average molecular weight is 210 g/mol. The van der Waals surface area contributed by atoms with Gasteiger partial charge in [-0.1, -0.05) is 27.2 Å². The van der Waals surface area contributed by atoms with Gasteiger partial charge < -0.3 is 5.11 Å². The highest BCUT2D eigenvalue weighted by Gasteiger charge is 2.30. The first kappa shape index (κ1) is 12.2. The molecule has 0 aliphatic carbocycles. The normalized spacial score (nSPS) is 17.4. The molecule has 3 nitrogen and oxygen atoms in total. The summed E-state index contributed by atoms with van der Waals surface area (Å²) in [6.45, 7) is 9.06. The van der Waals surface area contributed by atoms with E-state index >= 15 is 0 Å². The molecule has 2 unspecified atom stereocenters. The molecule has 0 spiro atoms. The van der Waals surface area contributed by atoms with Crippen LogP contribution < -0.4 is 0 Å². The third-order valence-electron chi connectivity index (χ3n) is 3.24. The van der Waals surface area contributed by atoms with Crippen molar-refractivity contribution in [1.29, 1.82) is 0 Å². The average Bonchev–Trinajstić information content (AvgIpc) is 2.66. The van der Waals surface area contributed by atoms with Crippen molar-refractivity contribution in [3.05, 3.63) is 18.0 Å². The number of aryl methyl sites for hydroxylation is 1. The molecule has 3 heteroatoms. The largest absolute Gasteiger partial charge is 0.385 e. The Morgan fingerprint density at radius 1 is 1.53 bits per heavy atom. The third-order valence-corrected chi connectivity index (χ3v) is 3.24. The summed E-state index contributed by atoms with van der Waals surface area (Å²) in [6.07, 6.45) is 5.76. The van der Waals surface area contributed by atoms with Crippen molar-refractivity contribution in [3.63, 3.8) is 0 Å². The zero-order chi connectivity index (χ0) is 11.5. The van der Waals surface area contributed by atoms with Gasteiger partial charge in [0.25, 0.3) is 0 Å². The summed E-state index contributed by atoms with van der Waals surface area (Å²) in [4.78, 5) is 0. The molecule has 0 bridgehead atoms. The molecule has 0 radical (unpaired) electrons. The van der Waals surface area contributed by atoms with Gasteiger partial charge in [-0.2, -0.15) is 5.10 Å². The van der Waals surface area contributed by atoms with Crippen LogP contribution in [0.25, 0.3) is 0 Å². The van der Waals surface area contributed by atoms with Crippen LogP contribution in [0.1, 0.15) is 46.1 Å². The molecule has 0 aliphatic heterocycles. The van der Waals surface area contributed by atoms with Gasteiger partial charge in [0.1, 0.15) is 0 Å². The number of nitrogens with zero attached hydrogens (tertiary/aromatic N) is 2. The van der Waals surface area contributed by atoms with E-state index in [1.54, 1.807) is 6.20 Å². The molecule has 0 amide bonds. The number of hydrogen-bond donors (Lipinski definition) is 1. The minimum atomic E-state index is -0.763. The topological polar surface area (TPSA) is 38.0 Å². The number of aliphatic hydroxyl groups is 1. The fourth-order valence-electron chi connectivity index (χ4n) is 1.66. The quantitative estimate of drug-likeness (QED) is 0.811. The van der Waals surface area contributed by atoms with E-state index in [4.69, 9.17) is 0 Å². The SMILES string of the molecule is CCCn1cc(C(C)(O)C(C)CC)cn1. The highest BCUT2D eigenvalue weighted by atomic mass is 16.3. The van der Waals surface area contributed by atoms with Gasteiger partial charge in [0.15, 0.2) is 0 Å². The van der Waals surface area contributed by atoms with Crippen LogP contribution in [0.15, 0.2) is 12.4 Å². The Kier molecular flexibility index (Phi) is 3.91. The second-order valence-electron chi connectivity index (χ2n) is 4.45. The summed E-state index contributed by atoms with van der Waals surface area (Å²) in [5.74, 6) is 0.247. The van der Waals surface area contributed by atoms with Gasteiger partial charge >= 0.3 is 0 Å². The molecule has 0 aliphatic rings. The van der Waals surface area contributed by atoms with E-state index in [0.29, 0.717) is 0 Å². The molecule has 0 fully saturated rings. The molecule has 1 heterocycles. The van der Waals surface area contributed by atoms with E-state index in [1.165, 1.54) is 0 Å². The van der Waals surface area contributed by atoms with Crippen molar-refractivity contribution >= 4 is 0 Å². The zero-order valence-electron chi connectivity index (χ0n) is 10.2. The van der Waals surface area contributed by atoms with Gasteiger partial charge in [-0.3, -0.25) is 4.68 Å². The molecule has 1 aromatic rings. The van der Waals surface area contributed by atoms with E-state index in [9.17, 15) is 5.11 Å². The number of aromatic nitrogens is 2. The maximum Gasteiger partial charge on any atom is 0.0924 e. The van der Waals surface area contributed by atoms with Gasteiger partial charge in [-0.25, -0.2) is 0 Å². The summed E-state index contributed by atoms with van der Waals surface area (Å²) in [5, 5.41) is 14.6. The molecular weight excluding hydrogens is 188 g/mol. The van der Waals surface area contributed by atoms with Crippen molar-refractivity contribution in [2.24, 2.45) is 5.92 Å². The Morgan fingerprint density at radius 3 is 2.73 bits per heavy atom. The van der Waals surface area contributed by atoms with E-state index in [0.717, 1.165) is 24.9 Å². The number of hydrogen-bond acceptors (Lipinski definition) is 2. The maximum absolute atomic E-state index is 10.4. The van der Waals surface area contributed by atoms with Crippen molar-refractivity contribution in [1.82, 2.24) is 9.78 Å². The van der Waals surface area contributed by atoms with Crippen LogP contribution in [-0.2, 0) is 12.1 Å². The van der Waals surface area contributed by atoms with Crippen LogP contribution >= 0.6 is 0 Å². The monoisotopic (exact) mass is 210 g/mol. The summed E-state index contributed by atoms with van der Waals surface area (Å²) < 4.78 is 1.90. The van der Waals surface area contributed by atoms with E-state index in [2.05, 4.69) is 25.9 Å². The fraction of sp³-hybridized carbons (Fsp3) is 0.750. The van der Waals surface area contributed by atoms with Crippen molar-refractivity contribution in [2.75, 3.05) is 0 Å². The Bertz CT molecular complexity index is 304. The van der Waals surface area contributed by atoms with Crippen LogP contribution in [0.3, 0.4) is 0 Å². The molecular formula is C12H22N2O. The van der Waals surface area contributed by atoms with Gasteiger partial charge in [0.05, 0.1) is 11.8 Å². The minimum absolute atomic E-state index is 0.247. The lowest BCUT2D eigenvalue weighted by molar-refractivity contribution is -0.0000656. The van der Waals surface area contributed by atoms with Crippen molar-refractivity contribution in [2.45, 2.75) is 52.7 Å². The van der Waals surface area contributed by atoms with Crippen LogP contribution in [-0.4, -0.2) is 14.9 Å². The highest BCUT2D eigenvalue weighted by molar-refractivity contribution is 5.15. The maximum atomic E-state index is 10.4. The van der Waals surface area contributed by atoms with Crippen molar-refractivity contribution in [3.8, 4) is 0 Å². The Balaban J connectivity index is 2.84. The van der Waals surface area contributed by atoms with Crippen molar-refractivity contribution < 1.29 is 5.11 Å². The fourth-order valence-corrected chi connectivity index (χ4v) is 1.66. The van der Waals surface area contributed by atoms with Crippen LogP contribution in [0.4, 0.5) is 0 Å². The molecule has 0 saturated carbocycles. The van der Waals surface area contributed by atoms with Crippen LogP contribution in [0.5, 0.6) is 0 Å². The van der Waals surface area contributed by atoms with E-state index in [1.807, 2.05) is 17.8 Å². The number of rotatable bonds is 5. The summed E-state index contributed by atoms with van der Waals surface area (Å²) in [5.41, 5.74) is 0.158. The van der Waals surface area contributed by atoms with E-state index < -0.39 is 5.60 Å². The van der Waals surface area contributed by atoms with Gasteiger partial charge in [0.2, 0.25) is 0 Å². The smallest absolute Gasteiger partial charge is 0.0924 e. The minimum Gasteiger partial charge on any atom is -0.385 e. The Morgan fingerprint density at radius 2 is 2.20 bits per heavy atom. The molecule has 1 rings (SSSR count). The predicted molar refractivity (Wildman–Crippen MR) is 61.5 cm³/mol. The Labute approximate surface area is 92.1 Å². The summed E-state index contributed by atoms with van der Waals surface area (Å²) >= 11 is 0. The first-order valence-corrected chi connectivity index (χ1v) is 5.77. The molecule has 0 aromatic carbocycles. The second-order valence-corrected chi connectivity index (χ2v) is 4.45. The zero-order valence-corrected chi connectivity index (χ0v) is 10.2. The first-order chi connectivity index (χ1) is 7.02. The second kappa shape index (κ2) is 4.79. The summed E-state index contributed by atoms with van der Waals surface area (Å²) in [7, 11) is 0. The van der Waals surface area contributed by atoms with E-state index in [-0.39, 0.29) is 5.92 Å². The predicted octanol–water partition coefficient (Wildman–Crippen LogP) is 2.55. The molecule has 1 aromatic heterocycles. The lowest BCUT2D eigenvalue weighted by atomic mass is 9.84. The molecule has 0 saturated heterocycles. The third kappa shape index (κ3) is 2.59. The standard InChI is InChI=1S/C12H22N2O/c1-5-7-14-9-11(8-13-14)12(4,15)10(3)6-2/h8-10,15H,5-7H2,1-4H3. The molecule has 1 N–H and O–H groups in total. The molecule has 2 atom stereocenters. The van der Waals surface area contributed by atoms with Crippen LogP contribution in [0.2, 0.25) is 0 Å². The first-order valence-electron chi connectivity index (χ1n) is 5.77. The molecule has 15 heavy (non-hydrogen) atoms. The highest BCUT2D eigenvalue weighted by Crippen LogP contribution is 2.30. The Hall–Kier alpha value is -0.830. The summed E-state index contributed by atoms with van der Waals surface area (Å²) in [6, 6.07) is 0. The van der Waals surface area contributed by atoms with Crippen LogP contribution in [0, 0.1) is 5.92 Å². The lowest BCUT2D eigenvalue weighted by Crippen LogP contribution is -2.29. The lowest BCUT2D eigenvalue weighted by Gasteiger charge is -2.28. The van der Waals surface area contributed by atoms with Gasteiger partial charge in [-0.15, -0.1) is 0 Å². The van der Waals surface area contributed by atoms with Gasteiger partial charge in [-0.05, 0) is 19.3 Å².